The zero-order chi connectivity index (χ0) is 8.97. The third-order valence-electron chi connectivity index (χ3n) is 1.41. The van der Waals surface area contributed by atoms with Gasteiger partial charge in [0.15, 0.2) is 0 Å². The van der Waals surface area contributed by atoms with Crippen LogP contribution in [0.15, 0.2) is 12.5 Å². The average Bonchev–Trinajstić information content (AvgIpc) is 2.55. The summed E-state index contributed by atoms with van der Waals surface area (Å²) in [4.78, 5) is 17.5. The minimum atomic E-state index is -0.643. The van der Waals surface area contributed by atoms with Crippen LogP contribution in [0.2, 0.25) is 0 Å². The first kappa shape index (κ1) is 9.06. The Labute approximate surface area is 74.9 Å². The van der Waals surface area contributed by atoms with Gasteiger partial charge in [0, 0.05) is 18.3 Å². The number of halogens is 1. The molecule has 12 heavy (non-hydrogen) atoms. The van der Waals surface area contributed by atoms with Gasteiger partial charge in [-0.2, -0.15) is 0 Å². The van der Waals surface area contributed by atoms with Crippen molar-refractivity contribution in [3.8, 4) is 0 Å². The molecule has 1 aromatic rings. The summed E-state index contributed by atoms with van der Waals surface area (Å²) in [6.45, 7) is 0. The minimum Gasteiger partial charge on any atom is -0.468 e. The van der Waals surface area contributed by atoms with Crippen LogP contribution >= 0.6 is 11.6 Å². The van der Waals surface area contributed by atoms with Gasteiger partial charge >= 0.3 is 5.97 Å². The summed E-state index contributed by atoms with van der Waals surface area (Å²) in [6.07, 6.45) is 3.57. The quantitative estimate of drug-likeness (QED) is 0.562. The number of carbonyl (C=O) groups is 1. The molecule has 5 heteroatoms. The Bertz CT molecular complexity index is 248. The lowest BCUT2D eigenvalue weighted by Crippen LogP contribution is -2.18. The molecule has 0 unspecified atom stereocenters. The molecule has 0 bridgehead atoms. The van der Waals surface area contributed by atoms with Crippen LogP contribution in [-0.4, -0.2) is 28.4 Å². The van der Waals surface area contributed by atoms with Crippen molar-refractivity contribution in [2.75, 3.05) is 7.11 Å². The number of rotatable bonds is 3. The topological polar surface area (TPSA) is 55.0 Å². The number of imidazole rings is 1. The van der Waals surface area contributed by atoms with Crippen molar-refractivity contribution in [3.05, 3.63) is 18.2 Å². The third-order valence-corrected chi connectivity index (χ3v) is 1.74. The van der Waals surface area contributed by atoms with Crippen LogP contribution in [0.3, 0.4) is 0 Å². The van der Waals surface area contributed by atoms with E-state index in [1.165, 1.54) is 13.4 Å². The SMILES string of the molecule is COC(=O)[C@@H](Cl)Cc1cnc[nH]1. The predicted octanol–water partition coefficient (Wildman–Crippen LogP) is 0.733. The van der Waals surface area contributed by atoms with Gasteiger partial charge < -0.3 is 9.72 Å². The molecule has 0 saturated carbocycles. The molecule has 0 fully saturated rings. The number of aromatic nitrogens is 2. The van der Waals surface area contributed by atoms with Crippen molar-refractivity contribution in [1.82, 2.24) is 9.97 Å². The van der Waals surface area contributed by atoms with E-state index in [0.717, 1.165) is 5.69 Å². The second-order valence-corrected chi connectivity index (χ2v) is 2.80. The molecule has 1 aromatic heterocycles. The van der Waals surface area contributed by atoms with Gasteiger partial charge in [-0.15, -0.1) is 11.6 Å². The fraction of sp³-hybridized carbons (Fsp3) is 0.429. The summed E-state index contributed by atoms with van der Waals surface area (Å²) in [7, 11) is 1.31. The van der Waals surface area contributed by atoms with Crippen LogP contribution in [0.1, 0.15) is 5.69 Å². The lowest BCUT2D eigenvalue weighted by Gasteiger charge is -2.04. The molecule has 1 rings (SSSR count). The summed E-state index contributed by atoms with van der Waals surface area (Å²) in [5, 5.41) is -0.643. The van der Waals surface area contributed by atoms with E-state index in [0.29, 0.717) is 6.42 Å². The summed E-state index contributed by atoms with van der Waals surface area (Å²) in [5.41, 5.74) is 0.820. The summed E-state index contributed by atoms with van der Waals surface area (Å²) in [6, 6.07) is 0. The van der Waals surface area contributed by atoms with Crippen LogP contribution in [0.25, 0.3) is 0 Å². The number of carbonyl (C=O) groups excluding carboxylic acids is 1. The maximum Gasteiger partial charge on any atom is 0.324 e. The first-order valence-corrected chi connectivity index (χ1v) is 3.87. The lowest BCUT2D eigenvalue weighted by atomic mass is 10.2. The summed E-state index contributed by atoms with van der Waals surface area (Å²) in [5.74, 6) is -0.425. The molecule has 0 amide bonds. The van der Waals surface area contributed by atoms with Gasteiger partial charge in [0.25, 0.3) is 0 Å². The number of alkyl halides is 1. The van der Waals surface area contributed by atoms with Crippen LogP contribution in [0, 0.1) is 0 Å². The fourth-order valence-electron chi connectivity index (χ4n) is 0.801. The Kier molecular flexibility index (Phi) is 3.10. The Hall–Kier alpha value is -1.03. The largest absolute Gasteiger partial charge is 0.468 e. The van der Waals surface area contributed by atoms with E-state index >= 15 is 0 Å². The van der Waals surface area contributed by atoms with E-state index in [2.05, 4.69) is 14.7 Å². The number of hydrogen-bond acceptors (Lipinski definition) is 3. The molecule has 0 radical (unpaired) electrons. The van der Waals surface area contributed by atoms with E-state index in [4.69, 9.17) is 11.6 Å². The fourth-order valence-corrected chi connectivity index (χ4v) is 1.06. The number of H-pyrrole nitrogens is 1. The second kappa shape index (κ2) is 4.11. The molecule has 1 N–H and O–H groups in total. The Balaban J connectivity index is 2.47. The normalized spacial score (nSPS) is 12.5. The number of nitrogens with one attached hydrogen (secondary N) is 1. The lowest BCUT2D eigenvalue weighted by molar-refractivity contribution is -0.140. The van der Waals surface area contributed by atoms with Gasteiger partial charge in [-0.1, -0.05) is 0 Å². The molecule has 4 nitrogen and oxygen atoms in total. The van der Waals surface area contributed by atoms with E-state index in [9.17, 15) is 4.79 Å². The highest BCUT2D eigenvalue weighted by molar-refractivity contribution is 6.29. The van der Waals surface area contributed by atoms with E-state index < -0.39 is 11.3 Å². The first-order valence-electron chi connectivity index (χ1n) is 3.43. The van der Waals surface area contributed by atoms with Crippen molar-refractivity contribution in [2.24, 2.45) is 0 Å². The second-order valence-electron chi connectivity index (χ2n) is 2.27. The number of esters is 1. The van der Waals surface area contributed by atoms with Gasteiger partial charge in [0.2, 0.25) is 0 Å². The molecule has 0 aliphatic heterocycles. The molecule has 1 atom stereocenters. The highest BCUT2D eigenvalue weighted by Crippen LogP contribution is 2.06. The number of nitrogens with zero attached hydrogens (tertiary/aromatic N) is 1. The van der Waals surface area contributed by atoms with Crippen molar-refractivity contribution in [2.45, 2.75) is 11.8 Å². The van der Waals surface area contributed by atoms with E-state index in [1.54, 1.807) is 6.20 Å². The van der Waals surface area contributed by atoms with E-state index in [-0.39, 0.29) is 0 Å². The molecule has 1 heterocycles. The third kappa shape index (κ3) is 2.23. The van der Waals surface area contributed by atoms with Crippen molar-refractivity contribution < 1.29 is 9.53 Å². The van der Waals surface area contributed by atoms with Crippen molar-refractivity contribution in [3.63, 3.8) is 0 Å². The van der Waals surface area contributed by atoms with Crippen LogP contribution in [0.4, 0.5) is 0 Å². The molecule has 0 aliphatic carbocycles. The van der Waals surface area contributed by atoms with E-state index in [1.807, 2.05) is 0 Å². The average molecular weight is 189 g/mol. The van der Waals surface area contributed by atoms with Gasteiger partial charge in [-0.05, 0) is 0 Å². The monoisotopic (exact) mass is 188 g/mol. The molecule has 66 valence electrons. The summed E-state index contributed by atoms with van der Waals surface area (Å²) < 4.78 is 4.46. The highest BCUT2D eigenvalue weighted by atomic mass is 35.5. The van der Waals surface area contributed by atoms with Crippen molar-refractivity contribution in [1.29, 1.82) is 0 Å². The maximum absolute atomic E-state index is 10.8. The van der Waals surface area contributed by atoms with Gasteiger partial charge in [0.05, 0.1) is 13.4 Å². The zero-order valence-electron chi connectivity index (χ0n) is 6.58. The molecule has 0 saturated heterocycles. The van der Waals surface area contributed by atoms with Crippen LogP contribution in [0.5, 0.6) is 0 Å². The molecule has 0 aliphatic rings. The zero-order valence-corrected chi connectivity index (χ0v) is 7.34. The number of hydrogen-bond donors (Lipinski definition) is 1. The van der Waals surface area contributed by atoms with Gasteiger partial charge in [-0.3, -0.25) is 4.79 Å². The van der Waals surface area contributed by atoms with Crippen LogP contribution < -0.4 is 0 Å². The molecular formula is C7H9ClN2O2. The maximum atomic E-state index is 10.8. The van der Waals surface area contributed by atoms with Crippen molar-refractivity contribution >= 4 is 17.6 Å². The molecule has 0 aromatic carbocycles. The van der Waals surface area contributed by atoms with Crippen LogP contribution in [-0.2, 0) is 16.0 Å². The smallest absolute Gasteiger partial charge is 0.324 e. The first-order chi connectivity index (χ1) is 5.74. The number of aromatic amines is 1. The Morgan fingerprint density at radius 3 is 3.17 bits per heavy atom. The van der Waals surface area contributed by atoms with Gasteiger partial charge in [0.1, 0.15) is 5.38 Å². The molecular weight excluding hydrogens is 180 g/mol. The Morgan fingerprint density at radius 2 is 2.67 bits per heavy atom. The summed E-state index contributed by atoms with van der Waals surface area (Å²) >= 11 is 5.70. The number of methoxy groups -OCH3 is 1. The Morgan fingerprint density at radius 1 is 1.92 bits per heavy atom. The van der Waals surface area contributed by atoms with Gasteiger partial charge in [-0.25, -0.2) is 4.98 Å². The highest BCUT2D eigenvalue weighted by Gasteiger charge is 2.16. The standard InChI is InChI=1S/C7H9ClN2O2/c1-12-7(11)6(8)2-5-3-9-4-10-5/h3-4,6H,2H2,1H3,(H,9,10)/t6-/m0/s1. The molecule has 0 spiro atoms. The predicted molar refractivity (Wildman–Crippen MR) is 43.9 cm³/mol. The minimum absolute atomic E-state index is 0.411. The number of ether oxygens (including phenoxy) is 1.